The highest BCUT2D eigenvalue weighted by Crippen LogP contribution is 2.34. The van der Waals surface area contributed by atoms with Crippen LogP contribution >= 0.6 is 11.8 Å². The molecule has 2 amide bonds. The number of hydrogen-bond acceptors (Lipinski definition) is 4. The van der Waals surface area contributed by atoms with E-state index in [1.165, 1.54) is 11.8 Å². The van der Waals surface area contributed by atoms with Crippen molar-refractivity contribution in [2.75, 3.05) is 30.3 Å². The van der Waals surface area contributed by atoms with Crippen molar-refractivity contribution < 1.29 is 9.59 Å². The van der Waals surface area contributed by atoms with Crippen LogP contribution in [-0.2, 0) is 9.59 Å². The second-order valence-electron chi connectivity index (χ2n) is 5.36. The van der Waals surface area contributed by atoms with Crippen LogP contribution in [0.3, 0.4) is 0 Å². The summed E-state index contributed by atoms with van der Waals surface area (Å²) in [5.74, 6) is 0.387. The fourth-order valence-corrected chi connectivity index (χ4v) is 3.90. The van der Waals surface area contributed by atoms with Crippen molar-refractivity contribution in [3.05, 3.63) is 24.3 Å². The van der Waals surface area contributed by atoms with Crippen LogP contribution in [0.15, 0.2) is 29.2 Å². The fourth-order valence-electron chi connectivity index (χ4n) is 2.96. The van der Waals surface area contributed by atoms with Crippen LogP contribution in [0.2, 0.25) is 0 Å². The van der Waals surface area contributed by atoms with Crippen LogP contribution in [0.4, 0.5) is 5.69 Å². The number of amides is 2. The molecule has 1 aromatic rings. The fraction of sp³-hybridized carbons (Fsp3) is 0.467. The lowest BCUT2D eigenvalue weighted by atomic mass is 10.2. The van der Waals surface area contributed by atoms with E-state index in [1.54, 1.807) is 4.90 Å². The van der Waals surface area contributed by atoms with E-state index in [4.69, 9.17) is 5.73 Å². The molecular weight excluding hydrogens is 286 g/mol. The Hall–Kier alpha value is -1.53. The van der Waals surface area contributed by atoms with Crippen molar-refractivity contribution in [3.8, 4) is 0 Å². The van der Waals surface area contributed by atoms with E-state index in [0.717, 1.165) is 30.0 Å². The lowest BCUT2D eigenvalue weighted by molar-refractivity contribution is -0.131. The molecule has 2 N–H and O–H groups in total. The van der Waals surface area contributed by atoms with Gasteiger partial charge in [-0.1, -0.05) is 12.1 Å². The first-order valence-corrected chi connectivity index (χ1v) is 8.21. The lowest BCUT2D eigenvalue weighted by Crippen LogP contribution is -2.48. The number of thioether (sulfide) groups is 1. The largest absolute Gasteiger partial charge is 0.337 e. The van der Waals surface area contributed by atoms with Crippen LogP contribution in [-0.4, -0.2) is 48.1 Å². The van der Waals surface area contributed by atoms with E-state index >= 15 is 0 Å². The number of anilines is 1. The third-order valence-electron chi connectivity index (χ3n) is 4.07. The van der Waals surface area contributed by atoms with E-state index in [2.05, 4.69) is 0 Å². The van der Waals surface area contributed by atoms with Gasteiger partial charge in [-0.05, 0) is 25.0 Å². The molecule has 1 unspecified atom stereocenters. The Morgan fingerprint density at radius 1 is 1.38 bits per heavy atom. The summed E-state index contributed by atoms with van der Waals surface area (Å²) in [6.45, 7) is 1.36. The average Bonchev–Trinajstić information content (AvgIpc) is 2.98. The molecule has 3 rings (SSSR count). The number of nitrogens with two attached hydrogens (primary N) is 1. The van der Waals surface area contributed by atoms with Crippen LogP contribution in [0.1, 0.15) is 12.8 Å². The first-order valence-electron chi connectivity index (χ1n) is 7.22. The molecule has 0 spiro atoms. The Labute approximate surface area is 128 Å². The molecular formula is C15H19N3O2S. The van der Waals surface area contributed by atoms with E-state index in [-0.39, 0.29) is 24.4 Å². The summed E-state index contributed by atoms with van der Waals surface area (Å²) < 4.78 is 0. The minimum Gasteiger partial charge on any atom is -0.337 e. The van der Waals surface area contributed by atoms with Gasteiger partial charge in [0.2, 0.25) is 11.8 Å². The Morgan fingerprint density at radius 3 is 3.00 bits per heavy atom. The van der Waals surface area contributed by atoms with E-state index < -0.39 is 0 Å². The minimum absolute atomic E-state index is 0.00185. The van der Waals surface area contributed by atoms with Gasteiger partial charge in [-0.3, -0.25) is 9.59 Å². The normalized spacial score (nSPS) is 21.6. The molecule has 1 atom stereocenters. The van der Waals surface area contributed by atoms with Gasteiger partial charge >= 0.3 is 0 Å². The van der Waals surface area contributed by atoms with Crippen molar-refractivity contribution in [3.63, 3.8) is 0 Å². The number of para-hydroxylation sites is 1. The number of fused-ring (bicyclic) bond motifs is 1. The summed E-state index contributed by atoms with van der Waals surface area (Å²) in [6, 6.07) is 7.86. The molecule has 0 radical (unpaired) electrons. The smallest absolute Gasteiger partial charge is 0.242 e. The number of rotatable bonds is 3. The van der Waals surface area contributed by atoms with Gasteiger partial charge in [0, 0.05) is 24.0 Å². The van der Waals surface area contributed by atoms with Gasteiger partial charge in [0.1, 0.15) is 6.54 Å². The lowest BCUT2D eigenvalue weighted by Gasteiger charge is -2.31. The molecule has 21 heavy (non-hydrogen) atoms. The SMILES string of the molecule is NCC1CCCN1C(=O)CN1C(=O)CSc2ccccc21. The van der Waals surface area contributed by atoms with Crippen molar-refractivity contribution in [2.45, 2.75) is 23.8 Å². The van der Waals surface area contributed by atoms with Gasteiger partial charge in [0.05, 0.1) is 11.4 Å². The molecule has 0 aromatic heterocycles. The summed E-state index contributed by atoms with van der Waals surface area (Å²) in [5.41, 5.74) is 6.56. The maximum atomic E-state index is 12.5. The Kier molecular flexibility index (Phi) is 4.17. The van der Waals surface area contributed by atoms with Crippen LogP contribution in [0.25, 0.3) is 0 Å². The van der Waals surface area contributed by atoms with Crippen LogP contribution in [0.5, 0.6) is 0 Å². The quantitative estimate of drug-likeness (QED) is 0.907. The van der Waals surface area contributed by atoms with Gasteiger partial charge < -0.3 is 15.5 Å². The summed E-state index contributed by atoms with van der Waals surface area (Å²) >= 11 is 1.53. The van der Waals surface area contributed by atoms with Gasteiger partial charge in [-0.2, -0.15) is 0 Å². The predicted octanol–water partition coefficient (Wildman–Crippen LogP) is 1.07. The number of hydrogen-bond donors (Lipinski definition) is 1. The predicted molar refractivity (Wildman–Crippen MR) is 83.3 cm³/mol. The molecule has 112 valence electrons. The molecule has 1 aromatic carbocycles. The molecule has 0 saturated carbocycles. The second-order valence-corrected chi connectivity index (χ2v) is 6.37. The molecule has 2 aliphatic rings. The highest BCUT2D eigenvalue weighted by Gasteiger charge is 2.32. The molecule has 5 nitrogen and oxygen atoms in total. The molecule has 2 aliphatic heterocycles. The Morgan fingerprint density at radius 2 is 2.19 bits per heavy atom. The highest BCUT2D eigenvalue weighted by atomic mass is 32.2. The zero-order chi connectivity index (χ0) is 14.8. The maximum Gasteiger partial charge on any atom is 0.242 e. The molecule has 0 bridgehead atoms. The van der Waals surface area contributed by atoms with Gasteiger partial charge in [-0.15, -0.1) is 11.8 Å². The zero-order valence-corrected chi connectivity index (χ0v) is 12.6. The van der Waals surface area contributed by atoms with Gasteiger partial charge in [0.15, 0.2) is 0 Å². The average molecular weight is 305 g/mol. The number of nitrogens with zero attached hydrogens (tertiary/aromatic N) is 2. The minimum atomic E-state index is -0.00412. The van der Waals surface area contributed by atoms with Crippen LogP contribution in [0, 0.1) is 0 Å². The third-order valence-corrected chi connectivity index (χ3v) is 5.12. The van der Waals surface area contributed by atoms with Gasteiger partial charge in [0.25, 0.3) is 0 Å². The summed E-state index contributed by atoms with van der Waals surface area (Å²) in [5, 5.41) is 0. The van der Waals surface area contributed by atoms with Crippen molar-refractivity contribution >= 4 is 29.3 Å². The van der Waals surface area contributed by atoms with E-state index in [9.17, 15) is 9.59 Å². The zero-order valence-electron chi connectivity index (χ0n) is 11.8. The van der Waals surface area contributed by atoms with Crippen molar-refractivity contribution in [2.24, 2.45) is 5.73 Å². The maximum absolute atomic E-state index is 12.5. The van der Waals surface area contributed by atoms with Crippen molar-refractivity contribution in [1.82, 2.24) is 4.90 Å². The van der Waals surface area contributed by atoms with Gasteiger partial charge in [-0.25, -0.2) is 0 Å². The first-order chi connectivity index (χ1) is 10.2. The number of carbonyl (C=O) groups excluding carboxylic acids is 2. The molecule has 2 heterocycles. The Bertz CT molecular complexity index is 564. The topological polar surface area (TPSA) is 66.6 Å². The second kappa shape index (κ2) is 6.07. The third kappa shape index (κ3) is 2.78. The Balaban J connectivity index is 1.78. The number of benzene rings is 1. The summed E-state index contributed by atoms with van der Waals surface area (Å²) in [6.07, 6.45) is 1.95. The van der Waals surface area contributed by atoms with Crippen LogP contribution < -0.4 is 10.6 Å². The molecule has 1 saturated heterocycles. The monoisotopic (exact) mass is 305 g/mol. The van der Waals surface area contributed by atoms with E-state index in [1.807, 2.05) is 29.2 Å². The molecule has 0 aliphatic carbocycles. The summed E-state index contributed by atoms with van der Waals surface area (Å²) in [4.78, 5) is 29.2. The number of carbonyl (C=O) groups is 2. The van der Waals surface area contributed by atoms with E-state index in [0.29, 0.717) is 12.3 Å². The molecule has 1 fully saturated rings. The standard InChI is InChI=1S/C15H19N3O2S/c16-8-11-4-3-7-17(11)14(19)9-18-12-5-1-2-6-13(12)21-10-15(18)20/h1-2,5-6,11H,3-4,7-10,16H2. The molecule has 6 heteroatoms. The first kappa shape index (κ1) is 14.4. The van der Waals surface area contributed by atoms with Crippen molar-refractivity contribution in [1.29, 1.82) is 0 Å². The summed E-state index contributed by atoms with van der Waals surface area (Å²) in [7, 11) is 0. The highest BCUT2D eigenvalue weighted by molar-refractivity contribution is 8.00. The number of likely N-dealkylation sites (tertiary alicyclic amines) is 1.